The van der Waals surface area contributed by atoms with Crippen LogP contribution in [0.25, 0.3) is 33.3 Å². The first-order chi connectivity index (χ1) is 18.0. The number of aryl methyl sites for hydroxylation is 2. The molecule has 0 aliphatic carbocycles. The molecule has 5 aromatic rings. The number of benzene rings is 3. The van der Waals surface area contributed by atoms with Gasteiger partial charge in [0.25, 0.3) is 5.91 Å². The molecule has 3 aromatic carbocycles. The van der Waals surface area contributed by atoms with Crippen molar-refractivity contribution in [3.8, 4) is 11.3 Å². The third kappa shape index (κ3) is 4.33. The summed E-state index contributed by atoms with van der Waals surface area (Å²) in [4.78, 5) is 39.4. The number of aromatic nitrogens is 2. The molecule has 0 spiro atoms. The highest BCUT2D eigenvalue weighted by Gasteiger charge is 2.24. The van der Waals surface area contributed by atoms with Gasteiger partial charge in [-0.15, -0.1) is 0 Å². The lowest BCUT2D eigenvalue weighted by molar-refractivity contribution is 0.0746. The fourth-order valence-corrected chi connectivity index (χ4v) is 4.87. The number of hydrogen-bond acceptors (Lipinski definition) is 6. The van der Waals surface area contributed by atoms with Gasteiger partial charge in [-0.25, -0.2) is 9.97 Å². The number of rotatable bonds is 3. The van der Waals surface area contributed by atoms with Gasteiger partial charge in [-0.05, 0) is 50.2 Å². The van der Waals surface area contributed by atoms with Crippen LogP contribution in [0.1, 0.15) is 21.6 Å². The Balaban J connectivity index is 1.16. The van der Waals surface area contributed by atoms with Crippen LogP contribution in [-0.4, -0.2) is 47.0 Å². The first kappa shape index (κ1) is 22.9. The molecule has 6 rings (SSSR count). The Labute approximate surface area is 214 Å². The molecule has 184 valence electrons. The lowest BCUT2D eigenvalue weighted by atomic mass is 10.1. The molecule has 1 amide bonds. The van der Waals surface area contributed by atoms with Crippen LogP contribution in [0.2, 0.25) is 0 Å². The zero-order valence-electron chi connectivity index (χ0n) is 20.8. The van der Waals surface area contributed by atoms with E-state index >= 15 is 0 Å². The highest BCUT2D eigenvalue weighted by Crippen LogP contribution is 2.25. The molecule has 0 bridgehead atoms. The monoisotopic (exact) mass is 490 g/mol. The number of amides is 1. The second kappa shape index (κ2) is 9.17. The van der Waals surface area contributed by atoms with Gasteiger partial charge in [-0.2, -0.15) is 0 Å². The van der Waals surface area contributed by atoms with Crippen molar-refractivity contribution in [2.24, 2.45) is 0 Å². The molecule has 37 heavy (non-hydrogen) atoms. The normalized spacial score (nSPS) is 13.9. The first-order valence-corrected chi connectivity index (χ1v) is 12.4. The van der Waals surface area contributed by atoms with E-state index in [0.29, 0.717) is 48.5 Å². The molecular formula is C30H26N4O3. The minimum absolute atomic E-state index is 0.0112. The average molecular weight is 491 g/mol. The number of fused-ring (bicyclic) bond motifs is 2. The van der Waals surface area contributed by atoms with Crippen molar-refractivity contribution in [2.45, 2.75) is 13.8 Å². The third-order valence-electron chi connectivity index (χ3n) is 6.89. The van der Waals surface area contributed by atoms with Gasteiger partial charge in [0.05, 0.1) is 22.1 Å². The Morgan fingerprint density at radius 1 is 0.838 bits per heavy atom. The van der Waals surface area contributed by atoms with Gasteiger partial charge in [-0.1, -0.05) is 35.9 Å². The summed E-state index contributed by atoms with van der Waals surface area (Å²) in [6.07, 6.45) is 0. The van der Waals surface area contributed by atoms with Crippen LogP contribution in [0.3, 0.4) is 0 Å². The molecule has 0 unspecified atom stereocenters. The molecule has 0 atom stereocenters. The highest BCUT2D eigenvalue weighted by atomic mass is 16.3. The standard InChI is InChI=1S/C30H26N4O3/c1-19-7-12-27-23(17-19)26(35)18-28(37-27)21-8-10-22(11-9-21)30(36)34-15-13-33(14-16-34)29-20(2)31-24-5-3-4-6-25(24)32-29/h3-12,17-18H,13-16H2,1-2H3. The predicted molar refractivity (Wildman–Crippen MR) is 145 cm³/mol. The van der Waals surface area contributed by atoms with Crippen molar-refractivity contribution in [3.05, 3.63) is 99.8 Å². The number of anilines is 1. The number of nitrogens with zero attached hydrogens (tertiary/aromatic N) is 4. The largest absolute Gasteiger partial charge is 0.456 e. The van der Waals surface area contributed by atoms with Gasteiger partial charge < -0.3 is 14.2 Å². The quantitative estimate of drug-likeness (QED) is 0.355. The summed E-state index contributed by atoms with van der Waals surface area (Å²) in [6, 6.07) is 22.2. The van der Waals surface area contributed by atoms with Crippen molar-refractivity contribution in [1.29, 1.82) is 0 Å². The maximum absolute atomic E-state index is 13.2. The van der Waals surface area contributed by atoms with Crippen molar-refractivity contribution in [2.75, 3.05) is 31.1 Å². The smallest absolute Gasteiger partial charge is 0.253 e. The van der Waals surface area contributed by atoms with E-state index in [9.17, 15) is 9.59 Å². The van der Waals surface area contributed by atoms with Crippen molar-refractivity contribution in [1.82, 2.24) is 14.9 Å². The van der Waals surface area contributed by atoms with E-state index in [0.717, 1.165) is 33.7 Å². The molecule has 7 nitrogen and oxygen atoms in total. The Morgan fingerprint density at radius 3 is 2.27 bits per heavy atom. The van der Waals surface area contributed by atoms with Crippen LogP contribution in [0.15, 0.2) is 82.0 Å². The van der Waals surface area contributed by atoms with Crippen molar-refractivity contribution >= 4 is 33.7 Å². The molecular weight excluding hydrogens is 464 g/mol. The molecule has 2 aromatic heterocycles. The van der Waals surface area contributed by atoms with Gasteiger partial charge in [0.1, 0.15) is 11.3 Å². The number of hydrogen-bond donors (Lipinski definition) is 0. The fraction of sp³-hybridized carbons (Fsp3) is 0.200. The first-order valence-electron chi connectivity index (χ1n) is 12.4. The summed E-state index contributed by atoms with van der Waals surface area (Å²) in [5.41, 5.74) is 5.50. The van der Waals surface area contributed by atoms with E-state index in [-0.39, 0.29) is 11.3 Å². The summed E-state index contributed by atoms with van der Waals surface area (Å²) in [5.74, 6) is 1.35. The molecule has 1 fully saturated rings. The topological polar surface area (TPSA) is 79.5 Å². The molecule has 1 saturated heterocycles. The van der Waals surface area contributed by atoms with Crippen LogP contribution in [-0.2, 0) is 0 Å². The molecule has 0 saturated carbocycles. The van der Waals surface area contributed by atoms with Crippen molar-refractivity contribution in [3.63, 3.8) is 0 Å². The molecule has 0 N–H and O–H groups in total. The van der Waals surface area contributed by atoms with Gasteiger partial charge in [-0.3, -0.25) is 9.59 Å². The third-order valence-corrected chi connectivity index (χ3v) is 6.89. The zero-order valence-corrected chi connectivity index (χ0v) is 20.8. The minimum atomic E-state index is -0.0793. The number of piperazine rings is 1. The lowest BCUT2D eigenvalue weighted by Gasteiger charge is -2.36. The lowest BCUT2D eigenvalue weighted by Crippen LogP contribution is -2.49. The molecule has 3 heterocycles. The number of carbonyl (C=O) groups is 1. The van der Waals surface area contributed by atoms with Crippen LogP contribution in [0.5, 0.6) is 0 Å². The van der Waals surface area contributed by atoms with E-state index in [2.05, 4.69) is 4.90 Å². The Hall–Kier alpha value is -4.52. The predicted octanol–water partition coefficient (Wildman–Crippen LogP) is 4.98. The summed E-state index contributed by atoms with van der Waals surface area (Å²) in [7, 11) is 0. The summed E-state index contributed by atoms with van der Waals surface area (Å²) >= 11 is 0. The second-order valence-corrected chi connectivity index (χ2v) is 9.45. The maximum atomic E-state index is 13.2. The molecule has 0 radical (unpaired) electrons. The fourth-order valence-electron chi connectivity index (χ4n) is 4.87. The Morgan fingerprint density at radius 2 is 1.54 bits per heavy atom. The van der Waals surface area contributed by atoms with Crippen LogP contribution < -0.4 is 10.3 Å². The maximum Gasteiger partial charge on any atom is 0.253 e. The average Bonchev–Trinajstić information content (AvgIpc) is 2.93. The SMILES string of the molecule is Cc1ccc2oc(-c3ccc(C(=O)N4CCN(c5nc6ccccc6nc5C)CC4)cc3)cc(=O)c2c1. The minimum Gasteiger partial charge on any atom is -0.456 e. The van der Waals surface area contributed by atoms with Crippen LogP contribution in [0.4, 0.5) is 5.82 Å². The molecule has 1 aliphatic rings. The van der Waals surface area contributed by atoms with E-state index in [1.54, 1.807) is 12.1 Å². The molecule has 7 heteroatoms. The highest BCUT2D eigenvalue weighted by molar-refractivity contribution is 5.95. The van der Waals surface area contributed by atoms with Crippen molar-refractivity contribution < 1.29 is 9.21 Å². The second-order valence-electron chi connectivity index (χ2n) is 9.45. The van der Waals surface area contributed by atoms with Crippen LogP contribution in [0, 0.1) is 13.8 Å². The summed E-state index contributed by atoms with van der Waals surface area (Å²) in [6.45, 7) is 6.52. The number of para-hydroxylation sites is 2. The van der Waals surface area contributed by atoms with E-state index in [4.69, 9.17) is 14.4 Å². The van der Waals surface area contributed by atoms with Gasteiger partial charge >= 0.3 is 0 Å². The molecule has 1 aliphatic heterocycles. The zero-order chi connectivity index (χ0) is 25.5. The van der Waals surface area contributed by atoms with Gasteiger partial charge in [0.15, 0.2) is 11.2 Å². The van der Waals surface area contributed by atoms with E-state index < -0.39 is 0 Å². The Kier molecular flexibility index (Phi) is 5.68. The summed E-state index contributed by atoms with van der Waals surface area (Å²) in [5, 5.41) is 0.569. The van der Waals surface area contributed by atoms with Crippen LogP contribution >= 0.6 is 0 Å². The van der Waals surface area contributed by atoms with E-state index in [1.807, 2.05) is 73.3 Å². The number of carbonyl (C=O) groups excluding carboxylic acids is 1. The van der Waals surface area contributed by atoms with Gasteiger partial charge in [0.2, 0.25) is 0 Å². The Bertz CT molecular complexity index is 1700. The van der Waals surface area contributed by atoms with Gasteiger partial charge in [0, 0.05) is 43.4 Å². The van der Waals surface area contributed by atoms with E-state index in [1.165, 1.54) is 6.07 Å². The summed E-state index contributed by atoms with van der Waals surface area (Å²) < 4.78 is 5.98.